The smallest absolute Gasteiger partial charge is 0.279 e. The lowest BCUT2D eigenvalue weighted by molar-refractivity contribution is -0.117. The number of rotatable bonds is 4. The fourth-order valence-electron chi connectivity index (χ4n) is 2.62. The van der Waals surface area contributed by atoms with Crippen LogP contribution in [0.1, 0.15) is 30.7 Å². The van der Waals surface area contributed by atoms with Gasteiger partial charge in [0.1, 0.15) is 4.88 Å². The molecule has 1 aromatic carbocycles. The molecule has 25 heavy (non-hydrogen) atoms. The van der Waals surface area contributed by atoms with E-state index in [-0.39, 0.29) is 21.7 Å². The summed E-state index contributed by atoms with van der Waals surface area (Å²) in [5.74, 6) is -0.754. The number of amides is 2. The van der Waals surface area contributed by atoms with Crippen molar-refractivity contribution in [3.8, 4) is 5.88 Å². The van der Waals surface area contributed by atoms with Crippen LogP contribution in [-0.2, 0) is 9.59 Å². The van der Waals surface area contributed by atoms with Crippen molar-refractivity contribution >= 4 is 40.9 Å². The molecule has 3 rings (SSSR count). The van der Waals surface area contributed by atoms with Crippen LogP contribution in [0.15, 0.2) is 23.2 Å². The summed E-state index contributed by atoms with van der Waals surface area (Å²) in [6.45, 7) is 5.76. The maximum atomic E-state index is 12.3. The monoisotopic (exact) mass is 375 g/mol. The van der Waals surface area contributed by atoms with E-state index in [1.54, 1.807) is 6.07 Å². The van der Waals surface area contributed by atoms with Crippen LogP contribution in [0.4, 0.5) is 0 Å². The molecule has 0 saturated heterocycles. The highest BCUT2D eigenvalue weighted by Gasteiger charge is 2.26. The Morgan fingerprint density at radius 3 is 2.84 bits per heavy atom. The molecular formula is C17H17N3O3S2. The summed E-state index contributed by atoms with van der Waals surface area (Å²) in [7, 11) is 0. The van der Waals surface area contributed by atoms with E-state index in [0.717, 1.165) is 21.6 Å². The molecule has 2 aromatic rings. The summed E-state index contributed by atoms with van der Waals surface area (Å²) in [4.78, 5) is 28.7. The molecule has 8 heteroatoms. The number of nitrogens with one attached hydrogen (secondary N) is 1. The summed E-state index contributed by atoms with van der Waals surface area (Å²) < 4.78 is 1.40. The van der Waals surface area contributed by atoms with Crippen LogP contribution in [-0.4, -0.2) is 21.6 Å². The van der Waals surface area contributed by atoms with Crippen LogP contribution >= 0.6 is 23.6 Å². The van der Waals surface area contributed by atoms with Crippen molar-refractivity contribution in [1.29, 1.82) is 0 Å². The molecule has 0 radical (unpaired) electrons. The Morgan fingerprint density at radius 1 is 1.44 bits per heavy atom. The first-order valence-corrected chi connectivity index (χ1v) is 8.99. The first kappa shape index (κ1) is 17.5. The number of aryl methyl sites for hydroxylation is 1. The zero-order valence-corrected chi connectivity index (χ0v) is 15.6. The average Bonchev–Trinajstić information content (AvgIpc) is 2.96. The van der Waals surface area contributed by atoms with Gasteiger partial charge in [0.05, 0.1) is 10.9 Å². The molecule has 0 fully saturated rings. The van der Waals surface area contributed by atoms with Gasteiger partial charge >= 0.3 is 0 Å². The molecule has 0 atom stereocenters. The van der Waals surface area contributed by atoms with Gasteiger partial charge in [-0.3, -0.25) is 15.0 Å². The molecule has 0 aliphatic carbocycles. The minimum atomic E-state index is -0.423. The Morgan fingerprint density at radius 2 is 2.16 bits per heavy atom. The largest absolute Gasteiger partial charge is 0.492 e. The van der Waals surface area contributed by atoms with Crippen molar-refractivity contribution in [1.82, 2.24) is 4.68 Å². The molecular weight excluding hydrogens is 358 g/mol. The number of carbonyl (C=O) groups excluding carboxylic acids is 2. The van der Waals surface area contributed by atoms with E-state index in [1.807, 2.05) is 32.9 Å². The predicted octanol–water partition coefficient (Wildman–Crippen LogP) is 1.77. The summed E-state index contributed by atoms with van der Waals surface area (Å²) in [5.41, 5.74) is 3.87. The minimum Gasteiger partial charge on any atom is -0.492 e. The zero-order valence-electron chi connectivity index (χ0n) is 14.0. The fraction of sp³-hybridized carbons (Fsp3) is 0.294. The number of thiazole rings is 1. The number of nitrogens with zero attached hydrogens (tertiary/aromatic N) is 2. The maximum Gasteiger partial charge on any atom is 0.279 e. The topological polar surface area (TPSA) is 83.7 Å². The number of benzene rings is 1. The van der Waals surface area contributed by atoms with Gasteiger partial charge in [0.2, 0.25) is 11.8 Å². The molecule has 1 aliphatic heterocycles. The summed E-state index contributed by atoms with van der Waals surface area (Å²) in [5, 5.41) is 11.8. The lowest BCUT2D eigenvalue weighted by Gasteiger charge is -2.09. The number of fused-ring (bicyclic) bond motifs is 1. The third-order valence-electron chi connectivity index (χ3n) is 3.70. The Kier molecular flexibility index (Phi) is 4.57. The molecule has 0 unspecified atom stereocenters. The lowest BCUT2D eigenvalue weighted by Crippen LogP contribution is -2.24. The average molecular weight is 375 g/mol. The van der Waals surface area contributed by atoms with Crippen molar-refractivity contribution < 1.29 is 14.7 Å². The van der Waals surface area contributed by atoms with Crippen LogP contribution in [0.25, 0.3) is 5.57 Å². The van der Waals surface area contributed by atoms with E-state index in [0.29, 0.717) is 27.4 Å². The van der Waals surface area contributed by atoms with Gasteiger partial charge in [0, 0.05) is 11.6 Å². The van der Waals surface area contributed by atoms with Gasteiger partial charge in [-0.25, -0.2) is 4.99 Å². The van der Waals surface area contributed by atoms with Gasteiger partial charge in [0.15, 0.2) is 3.95 Å². The van der Waals surface area contributed by atoms with E-state index >= 15 is 0 Å². The zero-order chi connectivity index (χ0) is 18.3. The lowest BCUT2D eigenvalue weighted by atomic mass is 10.1. The van der Waals surface area contributed by atoms with Gasteiger partial charge in [0.25, 0.3) is 5.91 Å². The highest BCUT2D eigenvalue weighted by molar-refractivity contribution is 7.73. The standard InChI is InChI=1S/C17H17N3O3S2/c1-8(2)6-12(21)19-20-16(23)14(25-17(20)24)13-10-7-9(3)4-5-11(10)18-15(13)22/h4-5,7-8,23H,6H2,1-3H3,(H,19,21). The number of aromatic nitrogens is 1. The van der Waals surface area contributed by atoms with Crippen LogP contribution in [0.5, 0.6) is 5.88 Å². The first-order valence-electron chi connectivity index (χ1n) is 7.77. The van der Waals surface area contributed by atoms with Crippen LogP contribution in [0, 0.1) is 16.8 Å². The minimum absolute atomic E-state index is 0.175. The van der Waals surface area contributed by atoms with E-state index in [2.05, 4.69) is 10.4 Å². The third kappa shape index (κ3) is 3.27. The Hall–Kier alpha value is -2.32. The third-order valence-corrected chi connectivity index (χ3v) is 5.08. The Bertz CT molecular complexity index is 1060. The molecule has 1 aromatic heterocycles. The van der Waals surface area contributed by atoms with Gasteiger partial charge in [-0.05, 0) is 37.2 Å². The van der Waals surface area contributed by atoms with Gasteiger partial charge in [-0.15, -0.1) is 0 Å². The second-order valence-electron chi connectivity index (χ2n) is 6.30. The van der Waals surface area contributed by atoms with Gasteiger partial charge < -0.3 is 5.11 Å². The number of aromatic hydroxyl groups is 1. The molecule has 2 heterocycles. The maximum absolute atomic E-state index is 12.3. The van der Waals surface area contributed by atoms with Crippen LogP contribution in [0.3, 0.4) is 0 Å². The summed E-state index contributed by atoms with van der Waals surface area (Å²) in [6, 6.07) is 5.49. The first-order chi connectivity index (χ1) is 11.8. The molecule has 2 amide bonds. The highest BCUT2D eigenvalue weighted by Crippen LogP contribution is 2.31. The van der Waals surface area contributed by atoms with Crippen molar-refractivity contribution in [2.75, 3.05) is 5.43 Å². The van der Waals surface area contributed by atoms with E-state index in [4.69, 9.17) is 12.2 Å². The van der Waals surface area contributed by atoms with E-state index in [1.165, 1.54) is 0 Å². The SMILES string of the molecule is Cc1ccc2c(c1)=C(c1sc(=S)n(NC(=O)CC(C)C)c1O)C(=O)N=2. The van der Waals surface area contributed by atoms with Crippen LogP contribution < -0.4 is 16.0 Å². The quantitative estimate of drug-likeness (QED) is 0.798. The van der Waals surface area contributed by atoms with Crippen molar-refractivity contribution in [3.05, 3.63) is 43.2 Å². The van der Waals surface area contributed by atoms with Gasteiger partial charge in [-0.1, -0.05) is 36.8 Å². The van der Waals surface area contributed by atoms with Crippen molar-refractivity contribution in [2.24, 2.45) is 10.9 Å². The van der Waals surface area contributed by atoms with E-state index < -0.39 is 5.91 Å². The number of hydrogen-bond donors (Lipinski definition) is 2. The molecule has 0 bridgehead atoms. The Labute approximate surface area is 153 Å². The molecule has 6 nitrogen and oxygen atoms in total. The summed E-state index contributed by atoms with van der Waals surface area (Å²) in [6.07, 6.45) is 0.305. The molecule has 0 spiro atoms. The molecule has 0 saturated carbocycles. The number of hydrogen-bond acceptors (Lipinski definition) is 5. The Balaban J connectivity index is 2.12. The van der Waals surface area contributed by atoms with Crippen molar-refractivity contribution in [3.63, 3.8) is 0 Å². The second kappa shape index (κ2) is 6.53. The molecule has 2 N–H and O–H groups in total. The predicted molar refractivity (Wildman–Crippen MR) is 98.1 cm³/mol. The van der Waals surface area contributed by atoms with E-state index in [9.17, 15) is 14.7 Å². The highest BCUT2D eigenvalue weighted by atomic mass is 32.1. The fourth-order valence-corrected chi connectivity index (χ4v) is 3.88. The molecule has 130 valence electrons. The van der Waals surface area contributed by atoms with Crippen molar-refractivity contribution in [2.45, 2.75) is 27.2 Å². The summed E-state index contributed by atoms with van der Waals surface area (Å²) >= 11 is 6.31. The molecule has 1 aliphatic rings. The van der Waals surface area contributed by atoms with Gasteiger partial charge in [-0.2, -0.15) is 4.68 Å². The normalized spacial score (nSPS) is 13.1. The second-order valence-corrected chi connectivity index (χ2v) is 7.95. The van der Waals surface area contributed by atoms with Crippen LogP contribution in [0.2, 0.25) is 0 Å². The number of carbonyl (C=O) groups is 2.